The van der Waals surface area contributed by atoms with Crippen LogP contribution >= 0.6 is 22.7 Å². The fraction of sp³-hybridized carbons (Fsp3) is 0.333. The van der Waals surface area contributed by atoms with Gasteiger partial charge in [0, 0.05) is 7.11 Å². The van der Waals surface area contributed by atoms with Crippen LogP contribution < -0.4 is 5.32 Å². The number of rotatable bonds is 7. The highest BCUT2D eigenvalue weighted by atomic mass is 32.1. The van der Waals surface area contributed by atoms with E-state index in [9.17, 15) is 4.79 Å². The Hall–Kier alpha value is -2.24. The average molecular weight is 351 g/mol. The van der Waals surface area contributed by atoms with Crippen molar-refractivity contribution in [3.05, 3.63) is 33.7 Å². The maximum atomic E-state index is 12.3. The van der Waals surface area contributed by atoms with Crippen molar-refractivity contribution < 1.29 is 9.53 Å². The third-order valence-corrected chi connectivity index (χ3v) is 4.49. The first kappa shape index (κ1) is 15.6. The van der Waals surface area contributed by atoms with Crippen molar-refractivity contribution >= 4 is 33.7 Å². The molecule has 120 valence electrons. The van der Waals surface area contributed by atoms with Crippen LogP contribution in [-0.2, 0) is 16.1 Å². The minimum absolute atomic E-state index is 0.184. The van der Waals surface area contributed by atoms with Crippen LogP contribution in [0.3, 0.4) is 0 Å². The zero-order valence-electron chi connectivity index (χ0n) is 12.1. The number of aromatic nitrogens is 6. The van der Waals surface area contributed by atoms with Gasteiger partial charge in [-0.3, -0.25) is 4.79 Å². The van der Waals surface area contributed by atoms with Crippen molar-refractivity contribution in [1.82, 2.24) is 30.4 Å². The van der Waals surface area contributed by atoms with Crippen LogP contribution in [0.25, 0.3) is 0 Å². The van der Waals surface area contributed by atoms with Gasteiger partial charge in [-0.1, -0.05) is 11.3 Å². The molecule has 0 fully saturated rings. The molecule has 1 amide bonds. The Morgan fingerprint density at radius 3 is 3.09 bits per heavy atom. The molecular weight excluding hydrogens is 338 g/mol. The minimum atomic E-state index is -0.261. The van der Waals surface area contributed by atoms with Gasteiger partial charge in [0.2, 0.25) is 11.0 Å². The van der Waals surface area contributed by atoms with Gasteiger partial charge in [0.1, 0.15) is 17.9 Å². The number of nitrogens with one attached hydrogen (secondary N) is 1. The van der Waals surface area contributed by atoms with E-state index in [-0.39, 0.29) is 18.4 Å². The Morgan fingerprint density at radius 1 is 1.48 bits per heavy atom. The van der Waals surface area contributed by atoms with Crippen molar-refractivity contribution in [1.29, 1.82) is 0 Å². The van der Waals surface area contributed by atoms with Crippen molar-refractivity contribution in [2.24, 2.45) is 0 Å². The van der Waals surface area contributed by atoms with Crippen LogP contribution in [0, 0.1) is 0 Å². The number of methoxy groups -OCH3 is 1. The first-order valence-electron chi connectivity index (χ1n) is 6.62. The fourth-order valence-electron chi connectivity index (χ4n) is 1.97. The molecule has 1 N–H and O–H groups in total. The molecule has 0 radical (unpaired) electrons. The van der Waals surface area contributed by atoms with Crippen molar-refractivity contribution in [2.45, 2.75) is 19.1 Å². The molecule has 11 heteroatoms. The quantitative estimate of drug-likeness (QED) is 0.684. The number of thiophene rings is 1. The Labute approximate surface area is 139 Å². The monoisotopic (exact) mass is 351 g/mol. The summed E-state index contributed by atoms with van der Waals surface area (Å²) in [6.07, 6.45) is 1.69. The Kier molecular flexibility index (Phi) is 5.00. The molecule has 0 bridgehead atoms. The lowest BCUT2D eigenvalue weighted by atomic mass is 10.1. The van der Waals surface area contributed by atoms with E-state index in [0.29, 0.717) is 16.7 Å². The summed E-state index contributed by atoms with van der Waals surface area (Å²) in [7, 11) is 1.58. The third kappa shape index (κ3) is 3.94. The van der Waals surface area contributed by atoms with Gasteiger partial charge in [-0.25, -0.2) is 4.68 Å². The smallest absolute Gasteiger partial charge is 0.228 e. The van der Waals surface area contributed by atoms with Crippen LogP contribution in [0.1, 0.15) is 23.0 Å². The van der Waals surface area contributed by atoms with Crippen molar-refractivity contribution in [3.8, 4) is 0 Å². The summed E-state index contributed by atoms with van der Waals surface area (Å²) in [5, 5.41) is 26.8. The average Bonchev–Trinajstić information content (AvgIpc) is 3.28. The predicted octanol–water partition coefficient (Wildman–Crippen LogP) is 1.35. The molecule has 0 saturated carbocycles. The van der Waals surface area contributed by atoms with Gasteiger partial charge in [0.25, 0.3) is 0 Å². The Morgan fingerprint density at radius 2 is 2.39 bits per heavy atom. The van der Waals surface area contributed by atoms with Gasteiger partial charge in [-0.15, -0.1) is 15.3 Å². The summed E-state index contributed by atoms with van der Waals surface area (Å²) >= 11 is 2.84. The molecule has 0 saturated heterocycles. The molecule has 3 heterocycles. The normalized spacial score (nSPS) is 12.2. The number of tetrazole rings is 1. The zero-order valence-corrected chi connectivity index (χ0v) is 13.8. The third-order valence-electron chi connectivity index (χ3n) is 2.97. The van der Waals surface area contributed by atoms with Crippen molar-refractivity contribution in [3.63, 3.8) is 0 Å². The molecule has 0 aliphatic heterocycles. The lowest BCUT2D eigenvalue weighted by Crippen LogP contribution is -2.20. The maximum Gasteiger partial charge on any atom is 0.228 e. The second-order valence-electron chi connectivity index (χ2n) is 4.55. The molecule has 9 nitrogen and oxygen atoms in total. The first-order chi connectivity index (χ1) is 11.3. The van der Waals surface area contributed by atoms with Crippen LogP contribution in [-0.4, -0.2) is 43.4 Å². The highest BCUT2D eigenvalue weighted by molar-refractivity contribution is 7.15. The van der Waals surface area contributed by atoms with E-state index in [1.54, 1.807) is 23.1 Å². The van der Waals surface area contributed by atoms with Crippen LogP contribution in [0.4, 0.5) is 5.13 Å². The highest BCUT2D eigenvalue weighted by Crippen LogP contribution is 2.24. The molecule has 3 rings (SSSR count). The van der Waals surface area contributed by atoms with Gasteiger partial charge in [-0.05, 0) is 32.8 Å². The molecule has 1 atom stereocenters. The van der Waals surface area contributed by atoms with Gasteiger partial charge < -0.3 is 10.1 Å². The Balaban J connectivity index is 1.68. The number of nitrogens with zero attached hydrogens (tertiary/aromatic N) is 6. The van der Waals surface area contributed by atoms with E-state index in [0.717, 1.165) is 5.56 Å². The number of hydrogen-bond donors (Lipinski definition) is 1. The summed E-state index contributed by atoms with van der Waals surface area (Å²) < 4.78 is 6.55. The zero-order chi connectivity index (χ0) is 16.1. The molecule has 0 aromatic carbocycles. The summed E-state index contributed by atoms with van der Waals surface area (Å²) in [6, 6.07) is 1.69. The van der Waals surface area contributed by atoms with E-state index in [1.807, 2.05) is 16.8 Å². The van der Waals surface area contributed by atoms with Crippen LogP contribution in [0.5, 0.6) is 0 Å². The second-order valence-corrected chi connectivity index (χ2v) is 6.39. The number of hydrogen-bond acceptors (Lipinski definition) is 9. The standard InChI is InChI=1S/C12H13N7O2S2/c1-21-5-11-15-16-12(23-11)14-10(20)4-9(8-2-3-22-6-8)19-7-13-17-18-19/h2-3,6-7,9H,4-5H2,1H3,(H,14,16,20)/t9-/m1/s1. The van der Waals surface area contributed by atoms with E-state index in [2.05, 4.69) is 31.0 Å². The van der Waals surface area contributed by atoms with E-state index < -0.39 is 0 Å². The first-order valence-corrected chi connectivity index (χ1v) is 8.38. The lowest BCUT2D eigenvalue weighted by molar-refractivity contribution is -0.116. The fourth-order valence-corrected chi connectivity index (χ4v) is 3.41. The summed E-state index contributed by atoms with van der Waals surface area (Å²) in [5.74, 6) is -0.184. The number of ether oxygens (including phenoxy) is 1. The summed E-state index contributed by atoms with van der Waals surface area (Å²) in [6.45, 7) is 0.371. The molecule has 3 aromatic heterocycles. The summed E-state index contributed by atoms with van der Waals surface area (Å²) in [5.41, 5.74) is 0.981. The van der Waals surface area contributed by atoms with E-state index in [1.165, 1.54) is 17.7 Å². The highest BCUT2D eigenvalue weighted by Gasteiger charge is 2.20. The molecule has 0 aliphatic rings. The number of carbonyl (C=O) groups excluding carboxylic acids is 1. The van der Waals surface area contributed by atoms with E-state index in [4.69, 9.17) is 4.74 Å². The minimum Gasteiger partial charge on any atom is -0.377 e. The van der Waals surface area contributed by atoms with E-state index >= 15 is 0 Å². The lowest BCUT2D eigenvalue weighted by Gasteiger charge is -2.14. The van der Waals surface area contributed by atoms with Crippen LogP contribution in [0.2, 0.25) is 0 Å². The predicted molar refractivity (Wildman–Crippen MR) is 84.1 cm³/mol. The molecule has 3 aromatic rings. The number of carbonyl (C=O) groups is 1. The number of amides is 1. The molecule has 0 unspecified atom stereocenters. The topological polar surface area (TPSA) is 108 Å². The molecule has 0 spiro atoms. The van der Waals surface area contributed by atoms with Gasteiger partial charge >= 0.3 is 0 Å². The largest absolute Gasteiger partial charge is 0.377 e. The van der Waals surface area contributed by atoms with Gasteiger partial charge in [-0.2, -0.15) is 11.3 Å². The molecule has 0 aliphatic carbocycles. The van der Waals surface area contributed by atoms with Crippen LogP contribution in [0.15, 0.2) is 23.2 Å². The number of anilines is 1. The second kappa shape index (κ2) is 7.35. The molecular formula is C12H13N7O2S2. The summed E-state index contributed by atoms with van der Waals surface area (Å²) in [4.78, 5) is 12.3. The Bertz CT molecular complexity index is 707. The molecule has 23 heavy (non-hydrogen) atoms. The SMILES string of the molecule is COCc1nnc(NC(=O)C[C@H](c2ccsc2)n2cnnn2)s1. The van der Waals surface area contributed by atoms with Gasteiger partial charge in [0.05, 0.1) is 12.5 Å². The maximum absolute atomic E-state index is 12.3. The van der Waals surface area contributed by atoms with Crippen molar-refractivity contribution in [2.75, 3.05) is 12.4 Å². The van der Waals surface area contributed by atoms with Gasteiger partial charge in [0.15, 0.2) is 0 Å².